The standard InChI is InChI=1S/C19H18O5/c1-11(2)10-22-14-6-4-13(5-7-14)15-9-17(20)24-16-8-12(3)23-19(21)18(15)16/h4-8,15H,1,9-10H2,2-3H3/t15-/m1/s1. The van der Waals surface area contributed by atoms with E-state index in [9.17, 15) is 9.59 Å². The van der Waals surface area contributed by atoms with Gasteiger partial charge in [-0.25, -0.2) is 4.79 Å². The topological polar surface area (TPSA) is 65.7 Å². The van der Waals surface area contributed by atoms with Crippen LogP contribution in [0, 0.1) is 6.92 Å². The molecule has 24 heavy (non-hydrogen) atoms. The zero-order valence-electron chi connectivity index (χ0n) is 13.6. The van der Waals surface area contributed by atoms with Crippen LogP contribution in [-0.2, 0) is 4.79 Å². The van der Waals surface area contributed by atoms with Crippen LogP contribution in [-0.4, -0.2) is 12.6 Å². The van der Waals surface area contributed by atoms with Crippen molar-refractivity contribution in [1.82, 2.24) is 0 Å². The summed E-state index contributed by atoms with van der Waals surface area (Å²) >= 11 is 0. The molecule has 0 saturated carbocycles. The summed E-state index contributed by atoms with van der Waals surface area (Å²) in [6, 6.07) is 8.90. The van der Waals surface area contributed by atoms with E-state index in [1.165, 1.54) is 0 Å². The van der Waals surface area contributed by atoms with Gasteiger partial charge in [0.1, 0.15) is 23.9 Å². The quantitative estimate of drug-likeness (QED) is 0.637. The highest BCUT2D eigenvalue weighted by Crippen LogP contribution is 2.37. The summed E-state index contributed by atoms with van der Waals surface area (Å²) in [6.07, 6.45) is 0.104. The minimum atomic E-state index is -0.467. The lowest BCUT2D eigenvalue weighted by molar-refractivity contribution is -0.135. The summed E-state index contributed by atoms with van der Waals surface area (Å²) in [5.74, 6) is 0.660. The summed E-state index contributed by atoms with van der Waals surface area (Å²) in [7, 11) is 0. The molecule has 0 bridgehead atoms. The fourth-order valence-electron chi connectivity index (χ4n) is 2.71. The average molecular weight is 326 g/mol. The van der Waals surface area contributed by atoms with Crippen molar-refractivity contribution in [1.29, 1.82) is 0 Å². The Bertz CT molecular complexity index is 845. The molecule has 0 aliphatic carbocycles. The molecule has 0 saturated heterocycles. The van der Waals surface area contributed by atoms with Crippen LogP contribution in [0.2, 0.25) is 0 Å². The van der Waals surface area contributed by atoms with Gasteiger partial charge >= 0.3 is 11.6 Å². The third-order valence-corrected chi connectivity index (χ3v) is 3.78. The van der Waals surface area contributed by atoms with Crippen LogP contribution in [0.5, 0.6) is 11.5 Å². The second-order valence-corrected chi connectivity index (χ2v) is 5.97. The van der Waals surface area contributed by atoms with E-state index < -0.39 is 5.63 Å². The van der Waals surface area contributed by atoms with Crippen LogP contribution >= 0.6 is 0 Å². The van der Waals surface area contributed by atoms with Gasteiger partial charge in [-0.1, -0.05) is 18.7 Å². The Balaban J connectivity index is 1.94. The highest BCUT2D eigenvalue weighted by molar-refractivity contribution is 5.77. The van der Waals surface area contributed by atoms with Gasteiger partial charge in [-0.3, -0.25) is 4.79 Å². The number of benzene rings is 1. The summed E-state index contributed by atoms with van der Waals surface area (Å²) in [5.41, 5.74) is 1.68. The maximum atomic E-state index is 12.2. The van der Waals surface area contributed by atoms with Gasteiger partial charge < -0.3 is 13.9 Å². The van der Waals surface area contributed by atoms with Gasteiger partial charge in [0.15, 0.2) is 0 Å². The van der Waals surface area contributed by atoms with E-state index in [0.29, 0.717) is 23.7 Å². The van der Waals surface area contributed by atoms with Gasteiger partial charge in [-0.2, -0.15) is 0 Å². The molecule has 0 amide bonds. The molecule has 0 radical (unpaired) electrons. The van der Waals surface area contributed by atoms with Crippen LogP contribution in [0.15, 0.2) is 51.7 Å². The summed E-state index contributed by atoms with van der Waals surface area (Å²) in [5, 5.41) is 0. The van der Waals surface area contributed by atoms with Crippen molar-refractivity contribution in [2.24, 2.45) is 0 Å². The first-order valence-corrected chi connectivity index (χ1v) is 7.66. The molecule has 1 aromatic carbocycles. The first kappa shape index (κ1) is 16.1. The Labute approximate surface area is 139 Å². The van der Waals surface area contributed by atoms with Crippen molar-refractivity contribution in [2.45, 2.75) is 26.2 Å². The first-order chi connectivity index (χ1) is 11.4. The highest BCUT2D eigenvalue weighted by atomic mass is 16.5. The van der Waals surface area contributed by atoms with Crippen molar-refractivity contribution in [3.05, 3.63) is 69.8 Å². The number of carbonyl (C=O) groups is 1. The second-order valence-electron chi connectivity index (χ2n) is 5.97. The van der Waals surface area contributed by atoms with Crippen LogP contribution in [0.25, 0.3) is 0 Å². The van der Waals surface area contributed by atoms with E-state index in [-0.39, 0.29) is 24.1 Å². The third kappa shape index (κ3) is 3.25. The molecule has 0 fully saturated rings. The Hall–Kier alpha value is -2.82. The molecule has 0 spiro atoms. The third-order valence-electron chi connectivity index (χ3n) is 3.78. The van der Waals surface area contributed by atoms with Crippen molar-refractivity contribution < 1.29 is 18.7 Å². The number of carbonyl (C=O) groups excluding carboxylic acids is 1. The van der Waals surface area contributed by atoms with Crippen LogP contribution in [0.1, 0.15) is 36.1 Å². The summed E-state index contributed by atoms with van der Waals surface area (Å²) < 4.78 is 15.9. The lowest BCUT2D eigenvalue weighted by Gasteiger charge is -2.23. The summed E-state index contributed by atoms with van der Waals surface area (Å²) in [4.78, 5) is 24.1. The van der Waals surface area contributed by atoms with Gasteiger partial charge in [0, 0.05) is 12.0 Å². The number of aryl methyl sites for hydroxylation is 1. The Morgan fingerprint density at radius 2 is 2.00 bits per heavy atom. The van der Waals surface area contributed by atoms with Gasteiger partial charge in [0.25, 0.3) is 0 Å². The zero-order valence-corrected chi connectivity index (χ0v) is 13.6. The molecule has 1 aliphatic heterocycles. The molecule has 2 aromatic rings. The largest absolute Gasteiger partial charge is 0.489 e. The number of rotatable bonds is 4. The smallest absolute Gasteiger partial charge is 0.343 e. The van der Waals surface area contributed by atoms with E-state index in [4.69, 9.17) is 13.9 Å². The summed E-state index contributed by atoms with van der Waals surface area (Å²) in [6.45, 7) is 7.77. The second kappa shape index (κ2) is 6.35. The van der Waals surface area contributed by atoms with Crippen molar-refractivity contribution in [3.63, 3.8) is 0 Å². The van der Waals surface area contributed by atoms with E-state index in [2.05, 4.69) is 6.58 Å². The average Bonchev–Trinajstić information content (AvgIpc) is 2.52. The number of esters is 1. The first-order valence-electron chi connectivity index (χ1n) is 7.66. The molecule has 1 aromatic heterocycles. The number of fused-ring (bicyclic) bond motifs is 1. The minimum absolute atomic E-state index is 0.104. The van der Waals surface area contributed by atoms with Gasteiger partial charge in [-0.05, 0) is 37.1 Å². The molecule has 2 heterocycles. The SMILES string of the molecule is C=C(C)COc1ccc([C@H]2CC(=O)Oc3cc(C)oc(=O)c32)cc1. The van der Waals surface area contributed by atoms with Crippen molar-refractivity contribution in [2.75, 3.05) is 6.61 Å². The van der Waals surface area contributed by atoms with Gasteiger partial charge in [0.2, 0.25) is 0 Å². The van der Waals surface area contributed by atoms with Crippen LogP contribution < -0.4 is 15.1 Å². The molecule has 124 valence electrons. The molecule has 1 atom stereocenters. The molecule has 0 unspecified atom stereocenters. The molecule has 1 aliphatic rings. The van der Waals surface area contributed by atoms with E-state index >= 15 is 0 Å². The van der Waals surface area contributed by atoms with Crippen LogP contribution in [0.4, 0.5) is 0 Å². The van der Waals surface area contributed by atoms with E-state index in [1.807, 2.05) is 31.2 Å². The highest BCUT2D eigenvalue weighted by Gasteiger charge is 2.32. The Morgan fingerprint density at radius 3 is 2.67 bits per heavy atom. The molecule has 5 nitrogen and oxygen atoms in total. The molecular formula is C19H18O5. The Morgan fingerprint density at radius 1 is 1.29 bits per heavy atom. The van der Waals surface area contributed by atoms with Crippen molar-refractivity contribution in [3.8, 4) is 11.5 Å². The fourth-order valence-corrected chi connectivity index (χ4v) is 2.71. The fraction of sp³-hybridized carbons (Fsp3) is 0.263. The molecule has 0 N–H and O–H groups in total. The van der Waals surface area contributed by atoms with Crippen LogP contribution in [0.3, 0.4) is 0 Å². The maximum absolute atomic E-state index is 12.2. The number of hydrogen-bond donors (Lipinski definition) is 0. The maximum Gasteiger partial charge on any atom is 0.343 e. The number of ether oxygens (including phenoxy) is 2. The van der Waals surface area contributed by atoms with E-state index in [0.717, 1.165) is 11.1 Å². The molecule has 5 heteroatoms. The van der Waals surface area contributed by atoms with Crippen molar-refractivity contribution >= 4 is 5.97 Å². The normalized spacial score (nSPS) is 16.2. The van der Waals surface area contributed by atoms with Gasteiger partial charge in [0.05, 0.1) is 12.0 Å². The molecule has 3 rings (SSSR count). The van der Waals surface area contributed by atoms with Gasteiger partial charge in [-0.15, -0.1) is 0 Å². The minimum Gasteiger partial charge on any atom is -0.489 e. The monoisotopic (exact) mass is 326 g/mol. The number of hydrogen-bond acceptors (Lipinski definition) is 5. The lowest BCUT2D eigenvalue weighted by atomic mass is 9.87. The Kier molecular flexibility index (Phi) is 4.25. The predicted octanol–water partition coefficient (Wildman–Crippen LogP) is 3.34. The molecular weight excluding hydrogens is 308 g/mol. The lowest BCUT2D eigenvalue weighted by Crippen LogP contribution is -2.26. The van der Waals surface area contributed by atoms with E-state index in [1.54, 1.807) is 13.0 Å². The predicted molar refractivity (Wildman–Crippen MR) is 88.6 cm³/mol. The zero-order chi connectivity index (χ0) is 17.3.